The van der Waals surface area contributed by atoms with Crippen molar-refractivity contribution in [3.8, 4) is 33.4 Å². The average molecular weight is 716 g/mol. The lowest BCUT2D eigenvalue weighted by Crippen LogP contribution is -2.16. The fourth-order valence-electron chi connectivity index (χ4n) is 8.65. The predicted octanol–water partition coefficient (Wildman–Crippen LogP) is 15.3. The zero-order chi connectivity index (χ0) is 38.3. The van der Waals surface area contributed by atoms with Gasteiger partial charge in [0, 0.05) is 44.3 Å². The first-order valence-corrected chi connectivity index (χ1v) is 19.6. The average Bonchev–Trinajstić information content (AvgIpc) is 3.67. The Morgan fingerprint density at radius 3 is 1.51 bits per heavy atom. The standard InChI is InChI=1S/C53H49NO/c1-51(2,3)38-32-42-41-30-31-44-48(50(41)55-49(42)45(33-38)52(4,5)6)47-43(53(44,7)8)20-15-21-46(47)54(39-26-22-36(23-27-39)34-16-11-9-12-17-34)40-28-24-37(25-29-40)35-18-13-10-14-19-35/h9-33H,1-8H3. The number of furan rings is 1. The molecule has 272 valence electrons. The van der Waals surface area contributed by atoms with Gasteiger partial charge in [-0.3, -0.25) is 0 Å². The summed E-state index contributed by atoms with van der Waals surface area (Å²) in [7, 11) is 0. The fraction of sp³-hybridized carbons (Fsp3) is 0.208. The SMILES string of the molecule is CC(C)(C)c1cc(C(C)(C)C)c2oc3c4c(ccc3c2c1)C(C)(C)c1cccc(N(c2ccc(-c3ccccc3)cc2)c2ccc(-c3ccccc3)cc2)c1-4. The van der Waals surface area contributed by atoms with Gasteiger partial charge in [-0.05, 0) is 86.2 Å². The molecule has 0 unspecified atom stereocenters. The van der Waals surface area contributed by atoms with E-state index in [9.17, 15) is 0 Å². The Morgan fingerprint density at radius 1 is 0.455 bits per heavy atom. The summed E-state index contributed by atoms with van der Waals surface area (Å²) in [4.78, 5) is 2.44. The van der Waals surface area contributed by atoms with E-state index in [2.05, 4.69) is 212 Å². The minimum Gasteiger partial charge on any atom is -0.455 e. The summed E-state index contributed by atoms with van der Waals surface area (Å²) < 4.78 is 7.23. The van der Waals surface area contributed by atoms with Crippen molar-refractivity contribution in [3.63, 3.8) is 0 Å². The lowest BCUT2D eigenvalue weighted by Gasteiger charge is -2.29. The molecule has 0 saturated carbocycles. The highest BCUT2D eigenvalue weighted by atomic mass is 16.3. The largest absolute Gasteiger partial charge is 0.455 e. The molecule has 0 fully saturated rings. The lowest BCUT2D eigenvalue weighted by atomic mass is 9.79. The molecule has 0 N–H and O–H groups in total. The van der Waals surface area contributed by atoms with E-state index in [-0.39, 0.29) is 16.2 Å². The number of rotatable bonds is 5. The number of hydrogen-bond acceptors (Lipinski definition) is 2. The first-order valence-electron chi connectivity index (χ1n) is 19.6. The summed E-state index contributed by atoms with van der Waals surface area (Å²) in [6, 6.07) is 55.6. The Hall–Kier alpha value is -5.86. The van der Waals surface area contributed by atoms with Crippen LogP contribution in [0.25, 0.3) is 55.3 Å². The molecule has 7 aromatic carbocycles. The van der Waals surface area contributed by atoms with Crippen molar-refractivity contribution in [3.05, 3.63) is 174 Å². The minimum absolute atomic E-state index is 0.00287. The van der Waals surface area contributed by atoms with Crippen LogP contribution in [0.5, 0.6) is 0 Å². The molecule has 1 aliphatic carbocycles. The van der Waals surface area contributed by atoms with E-state index in [0.29, 0.717) is 0 Å². The number of hydrogen-bond donors (Lipinski definition) is 0. The predicted molar refractivity (Wildman–Crippen MR) is 234 cm³/mol. The normalized spacial score (nSPS) is 13.6. The van der Waals surface area contributed by atoms with E-state index in [1.54, 1.807) is 0 Å². The molecule has 0 saturated heterocycles. The summed E-state index contributed by atoms with van der Waals surface area (Å²) in [6.45, 7) is 18.5. The summed E-state index contributed by atoms with van der Waals surface area (Å²) in [6.07, 6.45) is 0. The van der Waals surface area contributed by atoms with Crippen LogP contribution in [-0.4, -0.2) is 0 Å². The van der Waals surface area contributed by atoms with Gasteiger partial charge in [0.05, 0.1) is 5.69 Å². The second kappa shape index (κ2) is 12.6. The van der Waals surface area contributed by atoms with Gasteiger partial charge < -0.3 is 9.32 Å². The van der Waals surface area contributed by atoms with Crippen LogP contribution in [0.3, 0.4) is 0 Å². The van der Waals surface area contributed by atoms with Crippen LogP contribution in [0.4, 0.5) is 17.1 Å². The molecule has 0 atom stereocenters. The zero-order valence-corrected chi connectivity index (χ0v) is 33.3. The molecular weight excluding hydrogens is 667 g/mol. The smallest absolute Gasteiger partial charge is 0.143 e. The third kappa shape index (κ3) is 5.78. The maximum Gasteiger partial charge on any atom is 0.143 e. The summed E-state index contributed by atoms with van der Waals surface area (Å²) in [5, 5.41) is 2.37. The molecule has 2 heteroatoms. The first kappa shape index (κ1) is 34.9. The highest BCUT2D eigenvalue weighted by molar-refractivity contribution is 6.14. The van der Waals surface area contributed by atoms with Crippen molar-refractivity contribution in [2.45, 2.75) is 71.6 Å². The number of fused-ring (bicyclic) bond motifs is 7. The third-order valence-corrected chi connectivity index (χ3v) is 11.8. The van der Waals surface area contributed by atoms with Crippen molar-refractivity contribution in [2.75, 3.05) is 4.90 Å². The van der Waals surface area contributed by atoms with Crippen LogP contribution < -0.4 is 4.90 Å². The van der Waals surface area contributed by atoms with Gasteiger partial charge in [0.15, 0.2) is 0 Å². The van der Waals surface area contributed by atoms with Crippen molar-refractivity contribution in [2.24, 2.45) is 0 Å². The highest BCUT2D eigenvalue weighted by Crippen LogP contribution is 2.57. The van der Waals surface area contributed by atoms with Gasteiger partial charge in [-0.1, -0.05) is 171 Å². The molecule has 1 aromatic heterocycles. The molecule has 0 spiro atoms. The van der Waals surface area contributed by atoms with E-state index < -0.39 is 0 Å². The topological polar surface area (TPSA) is 16.4 Å². The molecule has 1 aliphatic rings. The molecule has 8 aromatic rings. The Kier molecular flexibility index (Phi) is 7.99. The molecule has 1 heterocycles. The van der Waals surface area contributed by atoms with E-state index in [1.165, 1.54) is 66.4 Å². The number of nitrogens with zero attached hydrogens (tertiary/aromatic N) is 1. The molecule has 0 radical (unpaired) electrons. The Bertz CT molecular complexity index is 2620. The quantitative estimate of drug-likeness (QED) is 0.176. The van der Waals surface area contributed by atoms with Gasteiger partial charge >= 0.3 is 0 Å². The van der Waals surface area contributed by atoms with E-state index in [0.717, 1.165) is 28.2 Å². The van der Waals surface area contributed by atoms with Crippen LogP contribution >= 0.6 is 0 Å². The fourth-order valence-corrected chi connectivity index (χ4v) is 8.65. The van der Waals surface area contributed by atoms with E-state index in [4.69, 9.17) is 4.42 Å². The Balaban J connectivity index is 1.30. The van der Waals surface area contributed by atoms with Gasteiger partial charge in [0.1, 0.15) is 11.2 Å². The Morgan fingerprint density at radius 2 is 0.982 bits per heavy atom. The third-order valence-electron chi connectivity index (χ3n) is 11.8. The number of anilines is 3. The second-order valence-corrected chi connectivity index (χ2v) is 17.9. The van der Waals surface area contributed by atoms with Crippen LogP contribution in [0, 0.1) is 0 Å². The minimum atomic E-state index is -0.225. The molecular formula is C53H49NO. The van der Waals surface area contributed by atoms with Crippen LogP contribution in [0.1, 0.15) is 77.6 Å². The maximum absolute atomic E-state index is 7.23. The van der Waals surface area contributed by atoms with Crippen molar-refractivity contribution in [1.29, 1.82) is 0 Å². The molecule has 55 heavy (non-hydrogen) atoms. The van der Waals surface area contributed by atoms with Crippen LogP contribution in [0.2, 0.25) is 0 Å². The first-order chi connectivity index (χ1) is 26.3. The van der Waals surface area contributed by atoms with Crippen LogP contribution in [0.15, 0.2) is 156 Å². The van der Waals surface area contributed by atoms with Crippen molar-refractivity contribution < 1.29 is 4.42 Å². The van der Waals surface area contributed by atoms with Gasteiger partial charge in [0.25, 0.3) is 0 Å². The van der Waals surface area contributed by atoms with Gasteiger partial charge in [-0.25, -0.2) is 0 Å². The summed E-state index contributed by atoms with van der Waals surface area (Å²) in [5.41, 5.74) is 17.5. The van der Waals surface area contributed by atoms with Gasteiger partial charge in [-0.15, -0.1) is 0 Å². The highest BCUT2D eigenvalue weighted by Gasteiger charge is 2.40. The van der Waals surface area contributed by atoms with Crippen molar-refractivity contribution >= 4 is 39.0 Å². The summed E-state index contributed by atoms with van der Waals surface area (Å²) in [5.74, 6) is 0. The monoisotopic (exact) mass is 715 g/mol. The molecule has 9 rings (SSSR count). The lowest BCUT2D eigenvalue weighted by molar-refractivity contribution is 0.559. The summed E-state index contributed by atoms with van der Waals surface area (Å²) >= 11 is 0. The molecule has 0 bridgehead atoms. The zero-order valence-electron chi connectivity index (χ0n) is 33.3. The molecule has 0 aliphatic heterocycles. The molecule has 0 amide bonds. The van der Waals surface area contributed by atoms with Crippen LogP contribution in [-0.2, 0) is 16.2 Å². The van der Waals surface area contributed by atoms with E-state index in [1.807, 2.05) is 0 Å². The maximum atomic E-state index is 7.23. The second-order valence-electron chi connectivity index (χ2n) is 17.9. The van der Waals surface area contributed by atoms with Gasteiger partial charge in [-0.2, -0.15) is 0 Å². The van der Waals surface area contributed by atoms with E-state index >= 15 is 0 Å². The van der Waals surface area contributed by atoms with Crippen molar-refractivity contribution in [1.82, 2.24) is 0 Å². The number of benzene rings is 7. The molecule has 2 nitrogen and oxygen atoms in total. The Labute approximate surface area is 326 Å². The van der Waals surface area contributed by atoms with Gasteiger partial charge in [0.2, 0.25) is 0 Å².